The van der Waals surface area contributed by atoms with Crippen LogP contribution in [0.3, 0.4) is 0 Å². The maximum Gasteiger partial charge on any atom is 0.336 e. The minimum Gasteiger partial charge on any atom is -0.457 e. The summed E-state index contributed by atoms with van der Waals surface area (Å²) in [6, 6.07) is 13.3. The Balaban J connectivity index is 2.07. The lowest BCUT2D eigenvalue weighted by Gasteiger charge is -2.35. The maximum absolute atomic E-state index is 13.6. The number of nitrogens with zero attached hydrogens (tertiary/aromatic N) is 1. The van der Waals surface area contributed by atoms with Gasteiger partial charge in [-0.25, -0.2) is 9.18 Å². The number of ether oxygens (including phenoxy) is 1. The van der Waals surface area contributed by atoms with E-state index in [1.807, 2.05) is 12.1 Å². The molecule has 0 aliphatic carbocycles. The van der Waals surface area contributed by atoms with Crippen molar-refractivity contribution in [3.63, 3.8) is 0 Å². The van der Waals surface area contributed by atoms with Gasteiger partial charge in [0.1, 0.15) is 11.4 Å². The molecule has 3 rings (SSSR count). The second kappa shape index (κ2) is 8.60. The van der Waals surface area contributed by atoms with E-state index in [0.29, 0.717) is 27.4 Å². The third-order valence-corrected chi connectivity index (χ3v) is 5.30. The molecule has 0 aromatic heterocycles. The number of hydrogen-bond donors (Lipinski definition) is 0. The van der Waals surface area contributed by atoms with Crippen molar-refractivity contribution in [2.24, 2.45) is 0 Å². The number of carbonyl (C=O) groups excluding carboxylic acids is 2. The molecule has 2 aromatic carbocycles. The van der Waals surface area contributed by atoms with Crippen LogP contribution in [0.5, 0.6) is 0 Å². The highest BCUT2D eigenvalue weighted by Gasteiger charge is 2.38. The van der Waals surface area contributed by atoms with Crippen molar-refractivity contribution in [1.29, 1.82) is 0 Å². The third-order valence-electron chi connectivity index (χ3n) is 4.95. The van der Waals surface area contributed by atoms with Crippen molar-refractivity contribution in [2.45, 2.75) is 52.2 Å². The summed E-state index contributed by atoms with van der Waals surface area (Å²) in [4.78, 5) is 27.7. The van der Waals surface area contributed by atoms with Crippen LogP contribution in [0.1, 0.15) is 51.2 Å². The van der Waals surface area contributed by atoms with Gasteiger partial charge in [0.2, 0.25) is 5.91 Å². The van der Waals surface area contributed by atoms with Gasteiger partial charge in [0, 0.05) is 23.1 Å². The highest BCUT2D eigenvalue weighted by molar-refractivity contribution is 6.31. The molecule has 1 heterocycles. The van der Waals surface area contributed by atoms with Crippen molar-refractivity contribution >= 4 is 23.5 Å². The van der Waals surface area contributed by atoms with E-state index in [2.05, 4.69) is 0 Å². The molecule has 1 atom stereocenters. The monoisotopic (exact) mass is 429 g/mol. The normalized spacial score (nSPS) is 17.3. The molecule has 0 N–H and O–H groups in total. The third kappa shape index (κ3) is 4.90. The summed E-state index contributed by atoms with van der Waals surface area (Å²) in [6.45, 7) is 7.28. The molecule has 0 saturated heterocycles. The average molecular weight is 430 g/mol. The molecular formula is C24H25ClFNO3. The standard InChI is InChI=1S/C24H25ClFNO3/c1-15-22(23(29)30-24(2,3)4)19(18-10-5-6-11-20(18)25)13-21(28)27(15)14-16-8-7-9-17(26)12-16/h5-12,19H,13-14H2,1-4H3. The lowest BCUT2D eigenvalue weighted by atomic mass is 9.83. The van der Waals surface area contributed by atoms with Crippen LogP contribution in [0, 0.1) is 5.82 Å². The number of rotatable bonds is 4. The van der Waals surface area contributed by atoms with Crippen molar-refractivity contribution in [1.82, 2.24) is 4.90 Å². The molecule has 0 bridgehead atoms. The molecule has 1 unspecified atom stereocenters. The van der Waals surface area contributed by atoms with Crippen LogP contribution >= 0.6 is 11.6 Å². The molecule has 1 amide bonds. The van der Waals surface area contributed by atoms with Crippen molar-refractivity contribution < 1.29 is 18.7 Å². The molecule has 0 fully saturated rings. The first-order valence-electron chi connectivity index (χ1n) is 9.80. The van der Waals surface area contributed by atoms with E-state index in [4.69, 9.17) is 16.3 Å². The van der Waals surface area contributed by atoms with Crippen LogP contribution in [-0.2, 0) is 20.9 Å². The molecule has 0 radical (unpaired) electrons. The lowest BCUT2D eigenvalue weighted by Crippen LogP contribution is -2.39. The van der Waals surface area contributed by atoms with Crippen molar-refractivity contribution in [2.75, 3.05) is 0 Å². The van der Waals surface area contributed by atoms with Crippen LogP contribution < -0.4 is 0 Å². The second-order valence-corrected chi connectivity index (χ2v) is 8.80. The van der Waals surface area contributed by atoms with Gasteiger partial charge in [0.05, 0.1) is 12.1 Å². The van der Waals surface area contributed by atoms with Crippen molar-refractivity contribution in [3.05, 3.63) is 81.8 Å². The topological polar surface area (TPSA) is 46.6 Å². The Hall–Kier alpha value is -2.66. The van der Waals surface area contributed by atoms with E-state index < -0.39 is 17.5 Å². The fourth-order valence-corrected chi connectivity index (χ4v) is 3.91. The van der Waals surface area contributed by atoms with Gasteiger partial charge >= 0.3 is 5.97 Å². The summed E-state index contributed by atoms with van der Waals surface area (Å²) >= 11 is 6.40. The summed E-state index contributed by atoms with van der Waals surface area (Å²) in [5.74, 6) is -1.53. The first kappa shape index (κ1) is 22.0. The van der Waals surface area contributed by atoms with Gasteiger partial charge in [-0.3, -0.25) is 4.79 Å². The molecule has 2 aromatic rings. The SMILES string of the molecule is CC1=C(C(=O)OC(C)(C)C)C(c2ccccc2Cl)CC(=O)N1Cc1cccc(F)c1. The average Bonchev–Trinajstić information content (AvgIpc) is 2.63. The Bertz CT molecular complexity index is 1010. The van der Waals surface area contributed by atoms with E-state index in [1.54, 1.807) is 52.0 Å². The summed E-state index contributed by atoms with van der Waals surface area (Å²) in [5, 5.41) is 0.489. The summed E-state index contributed by atoms with van der Waals surface area (Å²) in [6.07, 6.45) is 0.0744. The zero-order valence-corrected chi connectivity index (χ0v) is 18.3. The molecule has 1 aliphatic heterocycles. The fourth-order valence-electron chi connectivity index (χ4n) is 3.64. The Morgan fingerprint density at radius 3 is 2.53 bits per heavy atom. The molecule has 0 saturated carbocycles. The van der Waals surface area contributed by atoms with Gasteiger partial charge in [0.15, 0.2) is 0 Å². The Morgan fingerprint density at radius 1 is 1.20 bits per heavy atom. The van der Waals surface area contributed by atoms with Crippen LogP contribution in [0.25, 0.3) is 0 Å². The first-order valence-corrected chi connectivity index (χ1v) is 10.2. The lowest BCUT2D eigenvalue weighted by molar-refractivity contribution is -0.150. The number of hydrogen-bond acceptors (Lipinski definition) is 3. The predicted molar refractivity (Wildman–Crippen MR) is 114 cm³/mol. The van der Waals surface area contributed by atoms with Gasteiger partial charge in [-0.2, -0.15) is 0 Å². The molecular weight excluding hydrogens is 405 g/mol. The molecule has 30 heavy (non-hydrogen) atoms. The van der Waals surface area contributed by atoms with E-state index in [0.717, 1.165) is 0 Å². The smallest absolute Gasteiger partial charge is 0.336 e. The van der Waals surface area contributed by atoms with Gasteiger partial charge in [-0.05, 0) is 57.0 Å². The zero-order valence-electron chi connectivity index (χ0n) is 17.5. The quantitative estimate of drug-likeness (QED) is 0.593. The number of amides is 1. The number of carbonyl (C=O) groups is 2. The number of halogens is 2. The van der Waals surface area contributed by atoms with Gasteiger partial charge in [-0.15, -0.1) is 0 Å². The molecule has 1 aliphatic rings. The molecule has 158 valence electrons. The Labute approximate surface area is 181 Å². The van der Waals surface area contributed by atoms with Gasteiger partial charge in [-0.1, -0.05) is 41.9 Å². The van der Waals surface area contributed by atoms with Crippen molar-refractivity contribution in [3.8, 4) is 0 Å². The second-order valence-electron chi connectivity index (χ2n) is 8.39. The number of allylic oxidation sites excluding steroid dienone is 1. The van der Waals surface area contributed by atoms with Crippen LogP contribution in [0.15, 0.2) is 59.8 Å². The minimum absolute atomic E-state index is 0.0744. The number of esters is 1. The largest absolute Gasteiger partial charge is 0.457 e. The first-order chi connectivity index (χ1) is 14.1. The van der Waals surface area contributed by atoms with E-state index in [1.165, 1.54) is 17.0 Å². The highest BCUT2D eigenvalue weighted by atomic mass is 35.5. The Kier molecular flexibility index (Phi) is 6.32. The van der Waals surface area contributed by atoms with E-state index in [-0.39, 0.29) is 24.7 Å². The predicted octanol–water partition coefficient (Wildman–Crippen LogP) is 5.61. The van der Waals surface area contributed by atoms with Crippen LogP contribution in [0.2, 0.25) is 5.02 Å². The van der Waals surface area contributed by atoms with E-state index in [9.17, 15) is 14.0 Å². The fraction of sp³-hybridized carbons (Fsp3) is 0.333. The van der Waals surface area contributed by atoms with E-state index >= 15 is 0 Å². The highest BCUT2D eigenvalue weighted by Crippen LogP contribution is 2.40. The van der Waals surface area contributed by atoms with Crippen LogP contribution in [0.4, 0.5) is 4.39 Å². The maximum atomic E-state index is 13.6. The van der Waals surface area contributed by atoms with Crippen LogP contribution in [-0.4, -0.2) is 22.4 Å². The number of benzene rings is 2. The van der Waals surface area contributed by atoms with Gasteiger partial charge in [0.25, 0.3) is 0 Å². The summed E-state index contributed by atoms with van der Waals surface area (Å²) in [7, 11) is 0. The summed E-state index contributed by atoms with van der Waals surface area (Å²) < 4.78 is 19.3. The molecule has 0 spiro atoms. The minimum atomic E-state index is -0.690. The van der Waals surface area contributed by atoms with Gasteiger partial charge < -0.3 is 9.64 Å². The summed E-state index contributed by atoms with van der Waals surface area (Å²) in [5.41, 5.74) is 1.55. The zero-order chi connectivity index (χ0) is 22.1. The molecule has 6 heteroatoms. The molecule has 4 nitrogen and oxygen atoms in total. The Morgan fingerprint density at radius 2 is 1.90 bits per heavy atom.